The van der Waals surface area contributed by atoms with Crippen molar-refractivity contribution in [3.8, 4) is 0 Å². The summed E-state index contributed by atoms with van der Waals surface area (Å²) in [5.41, 5.74) is 0.910. The highest BCUT2D eigenvalue weighted by molar-refractivity contribution is 7.10. The van der Waals surface area contributed by atoms with E-state index in [0.717, 1.165) is 10.4 Å². The molecule has 19 heavy (non-hydrogen) atoms. The molecule has 0 spiro atoms. The largest absolute Gasteiger partial charge is 0.468 e. The van der Waals surface area contributed by atoms with Crippen molar-refractivity contribution >= 4 is 17.3 Å². The molecule has 0 aliphatic carbocycles. The molecule has 0 aliphatic rings. The summed E-state index contributed by atoms with van der Waals surface area (Å²) in [6.45, 7) is 0.108. The molecule has 1 N–H and O–H groups in total. The van der Waals surface area contributed by atoms with Gasteiger partial charge in [0.15, 0.2) is 0 Å². The third-order valence-electron chi connectivity index (χ3n) is 2.71. The maximum Gasteiger partial charge on any atom is 0.319 e. The number of esters is 1. The van der Waals surface area contributed by atoms with Crippen molar-refractivity contribution in [2.75, 3.05) is 13.7 Å². The van der Waals surface area contributed by atoms with Crippen LogP contribution in [0.15, 0.2) is 41.8 Å². The van der Waals surface area contributed by atoms with Crippen LogP contribution in [0.5, 0.6) is 0 Å². The third-order valence-corrected chi connectivity index (χ3v) is 3.65. The number of rotatable bonds is 5. The summed E-state index contributed by atoms with van der Waals surface area (Å²) in [6, 6.07) is 10.0. The highest BCUT2D eigenvalue weighted by atomic mass is 32.1. The van der Waals surface area contributed by atoms with E-state index in [4.69, 9.17) is 0 Å². The lowest BCUT2D eigenvalue weighted by Crippen LogP contribution is -2.28. The molecule has 0 fully saturated rings. The van der Waals surface area contributed by atoms with E-state index >= 15 is 0 Å². The van der Waals surface area contributed by atoms with Gasteiger partial charge in [0.2, 0.25) is 0 Å². The average molecular weight is 279 g/mol. The Morgan fingerprint density at radius 2 is 2.11 bits per heavy atom. The predicted molar refractivity (Wildman–Crippen MR) is 72.6 cm³/mol. The fraction of sp³-hybridized carbons (Fsp3) is 0.214. The van der Waals surface area contributed by atoms with Crippen LogP contribution in [0, 0.1) is 5.82 Å². The van der Waals surface area contributed by atoms with Gasteiger partial charge in [0, 0.05) is 4.88 Å². The van der Waals surface area contributed by atoms with E-state index in [1.807, 2.05) is 17.5 Å². The standard InChI is InChI=1S/C14H14FNO2S/c1-18-13(17)9-16-14(12-3-2-8-19-12)10-4-6-11(15)7-5-10/h2-8,14,16H,9H2,1H3/t14-/m1/s1. The Morgan fingerprint density at radius 3 is 2.68 bits per heavy atom. The zero-order valence-corrected chi connectivity index (χ0v) is 11.2. The van der Waals surface area contributed by atoms with Gasteiger partial charge in [0.05, 0.1) is 19.7 Å². The van der Waals surface area contributed by atoms with Gasteiger partial charge in [-0.3, -0.25) is 10.1 Å². The Balaban J connectivity index is 2.19. The molecule has 1 aromatic heterocycles. The van der Waals surface area contributed by atoms with Crippen molar-refractivity contribution in [1.82, 2.24) is 5.32 Å². The quantitative estimate of drug-likeness (QED) is 0.855. The summed E-state index contributed by atoms with van der Waals surface area (Å²) in [7, 11) is 1.35. The third kappa shape index (κ3) is 3.62. The van der Waals surface area contributed by atoms with Crippen LogP contribution in [0.25, 0.3) is 0 Å². The van der Waals surface area contributed by atoms with Gasteiger partial charge in [-0.15, -0.1) is 11.3 Å². The van der Waals surface area contributed by atoms with E-state index in [9.17, 15) is 9.18 Å². The molecule has 3 nitrogen and oxygen atoms in total. The number of carbonyl (C=O) groups is 1. The molecular weight excluding hydrogens is 265 g/mol. The number of hydrogen-bond donors (Lipinski definition) is 1. The monoisotopic (exact) mass is 279 g/mol. The first-order chi connectivity index (χ1) is 9.20. The molecule has 0 radical (unpaired) electrons. The number of methoxy groups -OCH3 is 1. The number of ether oxygens (including phenoxy) is 1. The maximum atomic E-state index is 13.0. The highest BCUT2D eigenvalue weighted by Gasteiger charge is 2.16. The van der Waals surface area contributed by atoms with Crippen molar-refractivity contribution in [3.05, 3.63) is 58.0 Å². The lowest BCUT2D eigenvalue weighted by molar-refractivity contribution is -0.139. The lowest BCUT2D eigenvalue weighted by atomic mass is 10.1. The summed E-state index contributed by atoms with van der Waals surface area (Å²) in [6.07, 6.45) is 0. The number of benzene rings is 1. The summed E-state index contributed by atoms with van der Waals surface area (Å²) >= 11 is 1.58. The number of thiophene rings is 1. The molecule has 1 aromatic carbocycles. The van der Waals surface area contributed by atoms with E-state index in [2.05, 4.69) is 10.1 Å². The maximum absolute atomic E-state index is 13.0. The van der Waals surface area contributed by atoms with Gasteiger partial charge in [-0.05, 0) is 29.1 Å². The SMILES string of the molecule is COC(=O)CN[C@H](c1ccc(F)cc1)c1cccs1. The first kappa shape index (κ1) is 13.7. The van der Waals surface area contributed by atoms with Crippen LogP contribution in [0.1, 0.15) is 16.5 Å². The molecule has 100 valence electrons. The first-order valence-electron chi connectivity index (χ1n) is 5.80. The molecule has 1 atom stereocenters. The van der Waals surface area contributed by atoms with Crippen LogP contribution in [-0.4, -0.2) is 19.6 Å². The average Bonchev–Trinajstić information content (AvgIpc) is 2.94. The van der Waals surface area contributed by atoms with Crippen LogP contribution >= 0.6 is 11.3 Å². The Morgan fingerprint density at radius 1 is 1.37 bits per heavy atom. The van der Waals surface area contributed by atoms with Crippen molar-refractivity contribution in [2.24, 2.45) is 0 Å². The molecule has 0 saturated carbocycles. The lowest BCUT2D eigenvalue weighted by Gasteiger charge is -2.17. The van der Waals surface area contributed by atoms with Crippen LogP contribution < -0.4 is 5.32 Å². The molecule has 5 heteroatoms. The first-order valence-corrected chi connectivity index (χ1v) is 6.67. The van der Waals surface area contributed by atoms with Crippen LogP contribution in [0.2, 0.25) is 0 Å². The van der Waals surface area contributed by atoms with E-state index in [-0.39, 0.29) is 24.4 Å². The number of halogens is 1. The fourth-order valence-electron chi connectivity index (χ4n) is 1.75. The van der Waals surface area contributed by atoms with Gasteiger partial charge in [-0.1, -0.05) is 18.2 Å². The summed E-state index contributed by atoms with van der Waals surface area (Å²) in [5.74, 6) is -0.606. The summed E-state index contributed by atoms with van der Waals surface area (Å²) < 4.78 is 17.6. The minimum atomic E-state index is -0.330. The Bertz CT molecular complexity index is 525. The molecule has 0 saturated heterocycles. The number of hydrogen-bond acceptors (Lipinski definition) is 4. The van der Waals surface area contributed by atoms with Gasteiger partial charge < -0.3 is 4.74 Å². The highest BCUT2D eigenvalue weighted by Crippen LogP contribution is 2.26. The number of carbonyl (C=O) groups excluding carboxylic acids is 1. The second-order valence-electron chi connectivity index (χ2n) is 3.96. The van der Waals surface area contributed by atoms with Gasteiger partial charge >= 0.3 is 5.97 Å². The van der Waals surface area contributed by atoms with E-state index in [1.54, 1.807) is 23.5 Å². The minimum Gasteiger partial charge on any atom is -0.468 e. The Labute approximate surface area is 115 Å². The van der Waals surface area contributed by atoms with Gasteiger partial charge in [0.1, 0.15) is 5.82 Å². The summed E-state index contributed by atoms with van der Waals surface area (Å²) in [4.78, 5) is 12.3. The van der Waals surface area contributed by atoms with Crippen molar-refractivity contribution < 1.29 is 13.9 Å². The fourth-order valence-corrected chi connectivity index (χ4v) is 2.58. The van der Waals surface area contributed by atoms with Gasteiger partial charge in [0.25, 0.3) is 0 Å². The van der Waals surface area contributed by atoms with Gasteiger partial charge in [-0.2, -0.15) is 0 Å². The van der Waals surface area contributed by atoms with Gasteiger partial charge in [-0.25, -0.2) is 4.39 Å². The van der Waals surface area contributed by atoms with Crippen molar-refractivity contribution in [3.63, 3.8) is 0 Å². The van der Waals surface area contributed by atoms with E-state index in [1.165, 1.54) is 19.2 Å². The predicted octanol–water partition coefficient (Wildman–Crippen LogP) is 2.74. The molecule has 2 rings (SSSR count). The van der Waals surface area contributed by atoms with Crippen LogP contribution in [0.4, 0.5) is 4.39 Å². The van der Waals surface area contributed by atoms with Crippen molar-refractivity contribution in [1.29, 1.82) is 0 Å². The Kier molecular flexibility index (Phi) is 4.65. The molecule has 0 amide bonds. The zero-order chi connectivity index (χ0) is 13.7. The second kappa shape index (κ2) is 6.45. The van der Waals surface area contributed by atoms with Crippen LogP contribution in [-0.2, 0) is 9.53 Å². The normalized spacial score (nSPS) is 12.1. The Hall–Kier alpha value is -1.72. The van der Waals surface area contributed by atoms with E-state index in [0.29, 0.717) is 0 Å². The molecule has 0 bridgehead atoms. The molecular formula is C14H14FNO2S. The second-order valence-corrected chi connectivity index (χ2v) is 4.94. The minimum absolute atomic E-state index is 0.108. The topological polar surface area (TPSA) is 38.3 Å². The molecule has 0 unspecified atom stereocenters. The smallest absolute Gasteiger partial charge is 0.319 e. The summed E-state index contributed by atoms with van der Waals surface area (Å²) in [5, 5.41) is 5.09. The van der Waals surface area contributed by atoms with Crippen molar-refractivity contribution in [2.45, 2.75) is 6.04 Å². The molecule has 1 heterocycles. The van der Waals surface area contributed by atoms with Crippen LogP contribution in [0.3, 0.4) is 0 Å². The zero-order valence-electron chi connectivity index (χ0n) is 10.4. The molecule has 0 aliphatic heterocycles. The molecule has 2 aromatic rings. The van der Waals surface area contributed by atoms with E-state index < -0.39 is 0 Å². The number of nitrogens with one attached hydrogen (secondary N) is 1.